The average molecular weight is 436 g/mol. The second-order valence-electron chi connectivity index (χ2n) is 8.08. The fourth-order valence-electron chi connectivity index (χ4n) is 3.96. The first-order chi connectivity index (χ1) is 15.6. The molecule has 32 heavy (non-hydrogen) atoms. The van der Waals surface area contributed by atoms with Crippen LogP contribution in [0.2, 0.25) is 0 Å². The van der Waals surface area contributed by atoms with E-state index in [-0.39, 0.29) is 17.9 Å². The van der Waals surface area contributed by atoms with Crippen molar-refractivity contribution in [1.82, 2.24) is 15.0 Å². The van der Waals surface area contributed by atoms with Crippen molar-refractivity contribution in [2.75, 3.05) is 20.8 Å². The Kier molecular flexibility index (Phi) is 6.73. The Balaban J connectivity index is 1.49. The number of carbonyl (C=O) groups is 1. The molecule has 0 unspecified atom stereocenters. The van der Waals surface area contributed by atoms with Gasteiger partial charge in [0.25, 0.3) is 0 Å². The van der Waals surface area contributed by atoms with Crippen molar-refractivity contribution < 1.29 is 18.8 Å². The predicted octanol–water partition coefficient (Wildman–Crippen LogP) is 4.69. The third-order valence-electron chi connectivity index (χ3n) is 6.16. The Bertz CT molecular complexity index is 1050. The van der Waals surface area contributed by atoms with E-state index in [1.807, 2.05) is 41.3 Å². The Morgan fingerprint density at radius 3 is 2.53 bits per heavy atom. The van der Waals surface area contributed by atoms with Crippen LogP contribution in [0.15, 0.2) is 53.1 Å². The first-order valence-electron chi connectivity index (χ1n) is 11.0. The summed E-state index contributed by atoms with van der Waals surface area (Å²) in [6.45, 7) is 2.60. The molecule has 3 aromatic rings. The maximum Gasteiger partial charge on any atom is 0.228 e. The van der Waals surface area contributed by atoms with Crippen LogP contribution in [-0.2, 0) is 11.2 Å². The minimum absolute atomic E-state index is 0.0162. The van der Waals surface area contributed by atoms with Crippen LogP contribution in [0.1, 0.15) is 43.7 Å². The maximum absolute atomic E-state index is 13.2. The van der Waals surface area contributed by atoms with Crippen LogP contribution in [0.5, 0.6) is 11.5 Å². The number of hydrogen-bond acceptors (Lipinski definition) is 6. The summed E-state index contributed by atoms with van der Waals surface area (Å²) in [6, 6.07) is 15.6. The van der Waals surface area contributed by atoms with Gasteiger partial charge < -0.3 is 18.9 Å². The van der Waals surface area contributed by atoms with Gasteiger partial charge in [-0.2, -0.15) is 4.98 Å². The Morgan fingerprint density at radius 1 is 1.12 bits per heavy atom. The van der Waals surface area contributed by atoms with Crippen molar-refractivity contribution in [2.24, 2.45) is 5.92 Å². The molecule has 1 amide bonds. The van der Waals surface area contributed by atoms with Crippen LogP contribution < -0.4 is 9.47 Å². The highest BCUT2D eigenvalue weighted by Gasteiger charge is 2.32. The highest BCUT2D eigenvalue weighted by molar-refractivity contribution is 5.80. The zero-order chi connectivity index (χ0) is 22.5. The van der Waals surface area contributed by atoms with Gasteiger partial charge in [0.1, 0.15) is 0 Å². The molecular formula is C25H29N3O4. The molecule has 1 atom stereocenters. The molecule has 1 aromatic heterocycles. The lowest BCUT2D eigenvalue weighted by molar-refractivity contribution is -0.140. The number of hydrogen-bond donors (Lipinski definition) is 0. The molecule has 1 saturated carbocycles. The van der Waals surface area contributed by atoms with Crippen molar-refractivity contribution in [3.8, 4) is 22.9 Å². The SMILES string of the molecule is COc1ccc(-c2noc(CCN(C(=O)C3CCC3)[C@H](C)c3ccccc3)n2)cc1OC. The summed E-state index contributed by atoms with van der Waals surface area (Å²) >= 11 is 0. The van der Waals surface area contributed by atoms with Gasteiger partial charge in [0, 0.05) is 24.4 Å². The number of rotatable bonds is 9. The predicted molar refractivity (Wildman–Crippen MR) is 120 cm³/mol. The number of ether oxygens (including phenoxy) is 2. The third-order valence-corrected chi connectivity index (χ3v) is 6.16. The van der Waals surface area contributed by atoms with Crippen molar-refractivity contribution in [3.05, 3.63) is 60.0 Å². The lowest BCUT2D eigenvalue weighted by Crippen LogP contribution is -2.41. The lowest BCUT2D eigenvalue weighted by Gasteiger charge is -2.35. The zero-order valence-corrected chi connectivity index (χ0v) is 18.8. The van der Waals surface area contributed by atoms with E-state index in [4.69, 9.17) is 14.0 Å². The second kappa shape index (κ2) is 9.85. The molecule has 1 heterocycles. The van der Waals surface area contributed by atoms with Crippen molar-refractivity contribution in [3.63, 3.8) is 0 Å². The quantitative estimate of drug-likeness (QED) is 0.485. The molecule has 0 N–H and O–H groups in total. The smallest absolute Gasteiger partial charge is 0.228 e. The summed E-state index contributed by atoms with van der Waals surface area (Å²) in [5.74, 6) is 2.57. The normalized spacial score (nSPS) is 14.5. The fraction of sp³-hybridized carbons (Fsp3) is 0.400. The molecule has 1 fully saturated rings. The lowest BCUT2D eigenvalue weighted by atomic mass is 9.84. The summed E-state index contributed by atoms with van der Waals surface area (Å²) < 4.78 is 16.1. The molecule has 0 spiro atoms. The second-order valence-corrected chi connectivity index (χ2v) is 8.08. The monoisotopic (exact) mass is 435 g/mol. The zero-order valence-electron chi connectivity index (χ0n) is 18.8. The van der Waals surface area contributed by atoms with E-state index in [1.54, 1.807) is 14.2 Å². The molecule has 1 aliphatic carbocycles. The van der Waals surface area contributed by atoms with Crippen LogP contribution in [0.25, 0.3) is 11.4 Å². The van der Waals surface area contributed by atoms with Gasteiger partial charge in [0.15, 0.2) is 11.5 Å². The molecule has 2 aromatic carbocycles. The van der Waals surface area contributed by atoms with Crippen LogP contribution in [-0.4, -0.2) is 41.7 Å². The molecule has 1 aliphatic rings. The Morgan fingerprint density at radius 2 is 1.88 bits per heavy atom. The Labute approximate surface area is 188 Å². The summed E-state index contributed by atoms with van der Waals surface area (Å²) in [5, 5.41) is 4.12. The molecule has 4 rings (SSSR count). The van der Waals surface area contributed by atoms with Gasteiger partial charge in [-0.25, -0.2) is 0 Å². The highest BCUT2D eigenvalue weighted by atomic mass is 16.5. The number of benzene rings is 2. The number of aromatic nitrogens is 2. The van der Waals surface area contributed by atoms with E-state index in [0.717, 1.165) is 30.4 Å². The number of nitrogens with zero attached hydrogens (tertiary/aromatic N) is 3. The minimum atomic E-state index is -0.0162. The summed E-state index contributed by atoms with van der Waals surface area (Å²) in [6.07, 6.45) is 3.57. The van der Waals surface area contributed by atoms with Crippen molar-refractivity contribution in [2.45, 2.75) is 38.6 Å². The molecule has 0 radical (unpaired) electrons. The van der Waals surface area contributed by atoms with Crippen LogP contribution in [0, 0.1) is 5.92 Å². The first kappa shape index (κ1) is 21.9. The molecule has 7 heteroatoms. The van der Waals surface area contributed by atoms with E-state index in [1.165, 1.54) is 0 Å². The molecular weight excluding hydrogens is 406 g/mol. The summed E-state index contributed by atoms with van der Waals surface area (Å²) in [7, 11) is 3.18. The van der Waals surface area contributed by atoms with Crippen LogP contribution in [0.3, 0.4) is 0 Å². The van der Waals surface area contributed by atoms with Gasteiger partial charge in [-0.1, -0.05) is 41.9 Å². The van der Waals surface area contributed by atoms with E-state index >= 15 is 0 Å². The average Bonchev–Trinajstić information content (AvgIpc) is 3.27. The number of amides is 1. The van der Waals surface area contributed by atoms with Crippen LogP contribution >= 0.6 is 0 Å². The van der Waals surface area contributed by atoms with Crippen LogP contribution in [0.4, 0.5) is 0 Å². The molecule has 7 nitrogen and oxygen atoms in total. The van der Waals surface area contributed by atoms with Crippen molar-refractivity contribution >= 4 is 5.91 Å². The molecule has 168 valence electrons. The van der Waals surface area contributed by atoms with Gasteiger partial charge in [0.2, 0.25) is 17.6 Å². The topological polar surface area (TPSA) is 77.7 Å². The van der Waals surface area contributed by atoms with Gasteiger partial charge in [0.05, 0.1) is 20.3 Å². The largest absolute Gasteiger partial charge is 0.493 e. The van der Waals surface area contributed by atoms with Gasteiger partial charge in [-0.05, 0) is 43.5 Å². The minimum Gasteiger partial charge on any atom is -0.493 e. The number of methoxy groups -OCH3 is 2. The van der Waals surface area contributed by atoms with E-state index in [9.17, 15) is 4.79 Å². The standard InChI is InChI=1S/C25H29N3O4/c1-17(18-8-5-4-6-9-18)28(25(29)19-10-7-11-19)15-14-23-26-24(27-32-23)20-12-13-21(30-2)22(16-20)31-3/h4-6,8-9,12-13,16-17,19H,7,10-11,14-15H2,1-3H3/t17-/m1/s1. The fourth-order valence-corrected chi connectivity index (χ4v) is 3.96. The maximum atomic E-state index is 13.2. The summed E-state index contributed by atoms with van der Waals surface area (Å²) in [5.41, 5.74) is 1.90. The third kappa shape index (κ3) is 4.61. The van der Waals surface area contributed by atoms with E-state index < -0.39 is 0 Å². The molecule has 0 aliphatic heterocycles. The first-order valence-corrected chi connectivity index (χ1v) is 11.0. The Hall–Kier alpha value is -3.35. The number of carbonyl (C=O) groups excluding carboxylic acids is 1. The molecule has 0 saturated heterocycles. The van der Waals surface area contributed by atoms with Gasteiger partial charge >= 0.3 is 0 Å². The van der Waals surface area contributed by atoms with E-state index in [2.05, 4.69) is 29.2 Å². The molecule has 0 bridgehead atoms. The van der Waals surface area contributed by atoms with Gasteiger partial charge in [-0.15, -0.1) is 0 Å². The summed E-state index contributed by atoms with van der Waals surface area (Å²) in [4.78, 5) is 19.7. The highest BCUT2D eigenvalue weighted by Crippen LogP contribution is 2.33. The van der Waals surface area contributed by atoms with Crippen molar-refractivity contribution in [1.29, 1.82) is 0 Å². The van der Waals surface area contributed by atoms with Gasteiger partial charge in [-0.3, -0.25) is 4.79 Å². The van der Waals surface area contributed by atoms with E-state index in [0.29, 0.717) is 36.2 Å².